The molecule has 0 heterocycles. The third-order valence-electron chi connectivity index (χ3n) is 2.18. The Morgan fingerprint density at radius 2 is 2.17 bits per heavy atom. The Morgan fingerprint density at radius 3 is 2.72 bits per heavy atom. The lowest BCUT2D eigenvalue weighted by Crippen LogP contribution is -2.44. The fourth-order valence-corrected chi connectivity index (χ4v) is 1.39. The summed E-state index contributed by atoms with van der Waals surface area (Å²) in [6, 6.07) is 0.186. The summed E-state index contributed by atoms with van der Waals surface area (Å²) in [5.41, 5.74) is 0. The molecule has 0 saturated heterocycles. The van der Waals surface area contributed by atoms with E-state index in [1.54, 1.807) is 21.1 Å². The molecule has 6 nitrogen and oxygen atoms in total. The van der Waals surface area contributed by atoms with Gasteiger partial charge < -0.3 is 20.1 Å². The number of hydrogen-bond donors (Lipinski definition) is 2. The first-order valence-electron chi connectivity index (χ1n) is 6.25. The smallest absolute Gasteiger partial charge is 0.305 e. The molecule has 0 aliphatic heterocycles. The van der Waals surface area contributed by atoms with Crippen LogP contribution >= 0.6 is 0 Å². The zero-order valence-electron chi connectivity index (χ0n) is 11.8. The summed E-state index contributed by atoms with van der Waals surface area (Å²) in [5, 5.41) is 6.31. The standard InChI is InChI=1S/C12H25N3O3/c1-5-18-11(16)7-6-8-14-12(13-3)15-10(2)9-17-4/h10H,5-9H2,1-4H3,(H2,13,14,15). The van der Waals surface area contributed by atoms with Crippen LogP contribution in [-0.2, 0) is 14.3 Å². The fourth-order valence-electron chi connectivity index (χ4n) is 1.39. The van der Waals surface area contributed by atoms with Crippen molar-refractivity contribution in [3.8, 4) is 0 Å². The normalized spacial score (nSPS) is 13.0. The van der Waals surface area contributed by atoms with Crippen molar-refractivity contribution in [1.29, 1.82) is 0 Å². The number of nitrogens with zero attached hydrogens (tertiary/aromatic N) is 1. The molecule has 2 N–H and O–H groups in total. The van der Waals surface area contributed by atoms with Crippen molar-refractivity contribution in [3.05, 3.63) is 0 Å². The van der Waals surface area contributed by atoms with Crippen LogP contribution in [-0.4, -0.2) is 51.9 Å². The second kappa shape index (κ2) is 10.8. The first kappa shape index (κ1) is 16.7. The van der Waals surface area contributed by atoms with Gasteiger partial charge in [0.15, 0.2) is 5.96 Å². The minimum atomic E-state index is -0.157. The largest absolute Gasteiger partial charge is 0.466 e. The van der Waals surface area contributed by atoms with Crippen LogP contribution in [0.5, 0.6) is 0 Å². The number of rotatable bonds is 8. The highest BCUT2D eigenvalue weighted by molar-refractivity contribution is 5.80. The predicted molar refractivity (Wildman–Crippen MR) is 71.7 cm³/mol. The van der Waals surface area contributed by atoms with E-state index in [9.17, 15) is 4.79 Å². The van der Waals surface area contributed by atoms with E-state index in [0.717, 1.165) is 6.42 Å². The molecule has 0 aromatic heterocycles. The molecular weight excluding hydrogens is 234 g/mol. The molecule has 18 heavy (non-hydrogen) atoms. The monoisotopic (exact) mass is 259 g/mol. The first-order chi connectivity index (χ1) is 8.63. The van der Waals surface area contributed by atoms with Gasteiger partial charge in [-0.3, -0.25) is 9.79 Å². The Balaban J connectivity index is 3.72. The summed E-state index contributed by atoms with van der Waals surface area (Å²) >= 11 is 0. The maximum Gasteiger partial charge on any atom is 0.305 e. The topological polar surface area (TPSA) is 72.0 Å². The number of carbonyl (C=O) groups excluding carboxylic acids is 1. The van der Waals surface area contributed by atoms with Gasteiger partial charge in [0.05, 0.1) is 13.2 Å². The van der Waals surface area contributed by atoms with Crippen LogP contribution in [0.25, 0.3) is 0 Å². The lowest BCUT2D eigenvalue weighted by molar-refractivity contribution is -0.143. The van der Waals surface area contributed by atoms with Crippen LogP contribution in [0.1, 0.15) is 26.7 Å². The number of nitrogens with one attached hydrogen (secondary N) is 2. The van der Waals surface area contributed by atoms with Crippen LogP contribution in [0, 0.1) is 0 Å². The van der Waals surface area contributed by atoms with Crippen molar-refractivity contribution in [3.63, 3.8) is 0 Å². The van der Waals surface area contributed by atoms with E-state index in [1.807, 2.05) is 6.92 Å². The SMILES string of the molecule is CCOC(=O)CCCNC(=NC)NC(C)COC. The number of hydrogen-bond acceptors (Lipinski definition) is 4. The van der Waals surface area contributed by atoms with Crippen molar-refractivity contribution >= 4 is 11.9 Å². The van der Waals surface area contributed by atoms with Crippen LogP contribution < -0.4 is 10.6 Å². The van der Waals surface area contributed by atoms with Gasteiger partial charge in [-0.25, -0.2) is 0 Å². The number of carbonyl (C=O) groups is 1. The van der Waals surface area contributed by atoms with Crippen LogP contribution in [0.3, 0.4) is 0 Å². The van der Waals surface area contributed by atoms with E-state index in [-0.39, 0.29) is 12.0 Å². The molecule has 0 aromatic rings. The van der Waals surface area contributed by atoms with Gasteiger partial charge in [-0.05, 0) is 20.3 Å². The van der Waals surface area contributed by atoms with Crippen LogP contribution in [0.4, 0.5) is 0 Å². The molecular formula is C12H25N3O3. The summed E-state index contributed by atoms with van der Waals surface area (Å²) in [5.74, 6) is 0.554. The lowest BCUT2D eigenvalue weighted by atomic mass is 10.3. The number of ether oxygens (including phenoxy) is 2. The molecule has 1 unspecified atom stereocenters. The highest BCUT2D eigenvalue weighted by Gasteiger charge is 2.05. The molecule has 1 atom stereocenters. The summed E-state index contributed by atoms with van der Waals surface area (Å²) in [7, 11) is 3.37. The third-order valence-corrected chi connectivity index (χ3v) is 2.18. The van der Waals surface area contributed by atoms with E-state index in [2.05, 4.69) is 15.6 Å². The summed E-state index contributed by atoms with van der Waals surface area (Å²) in [6.45, 7) is 5.54. The quantitative estimate of drug-likeness (QED) is 0.288. The van der Waals surface area contributed by atoms with E-state index >= 15 is 0 Å². The van der Waals surface area contributed by atoms with Crippen molar-refractivity contribution < 1.29 is 14.3 Å². The molecule has 6 heteroatoms. The molecule has 0 fully saturated rings. The van der Waals surface area contributed by atoms with E-state index in [1.165, 1.54) is 0 Å². The van der Waals surface area contributed by atoms with Crippen LogP contribution in [0.2, 0.25) is 0 Å². The Hall–Kier alpha value is -1.30. The van der Waals surface area contributed by atoms with Gasteiger partial charge >= 0.3 is 5.97 Å². The lowest BCUT2D eigenvalue weighted by Gasteiger charge is -2.16. The second-order valence-corrected chi connectivity index (χ2v) is 3.91. The van der Waals surface area contributed by atoms with E-state index in [0.29, 0.717) is 32.1 Å². The number of methoxy groups -OCH3 is 1. The molecule has 0 amide bonds. The first-order valence-corrected chi connectivity index (χ1v) is 6.25. The van der Waals surface area contributed by atoms with Gasteiger partial charge in [-0.15, -0.1) is 0 Å². The summed E-state index contributed by atoms with van der Waals surface area (Å²) < 4.78 is 9.87. The Bertz CT molecular complexity index is 257. The van der Waals surface area contributed by atoms with Crippen LogP contribution in [0.15, 0.2) is 4.99 Å². The zero-order valence-corrected chi connectivity index (χ0v) is 11.8. The molecule has 0 aliphatic carbocycles. The summed E-state index contributed by atoms with van der Waals surface area (Å²) in [6.07, 6.45) is 1.14. The molecule has 0 aromatic carbocycles. The van der Waals surface area contributed by atoms with Crippen molar-refractivity contribution in [2.45, 2.75) is 32.7 Å². The van der Waals surface area contributed by atoms with Gasteiger partial charge in [-0.2, -0.15) is 0 Å². The zero-order chi connectivity index (χ0) is 13.8. The van der Waals surface area contributed by atoms with E-state index in [4.69, 9.17) is 9.47 Å². The molecule has 0 rings (SSSR count). The maximum atomic E-state index is 11.1. The molecule has 0 saturated carbocycles. The van der Waals surface area contributed by atoms with Crippen molar-refractivity contribution in [2.75, 3.05) is 33.9 Å². The maximum absolute atomic E-state index is 11.1. The summed E-state index contributed by atoms with van der Waals surface area (Å²) in [4.78, 5) is 15.2. The molecule has 0 radical (unpaired) electrons. The molecule has 0 bridgehead atoms. The average molecular weight is 259 g/mol. The van der Waals surface area contributed by atoms with Gasteiger partial charge in [0.2, 0.25) is 0 Å². The highest BCUT2D eigenvalue weighted by atomic mass is 16.5. The predicted octanol–water partition coefficient (Wildman–Crippen LogP) is 0.530. The van der Waals surface area contributed by atoms with Gasteiger partial charge in [0.25, 0.3) is 0 Å². The minimum absolute atomic E-state index is 0.157. The van der Waals surface area contributed by atoms with Crippen molar-refractivity contribution in [1.82, 2.24) is 10.6 Å². The number of aliphatic imine (C=N–C) groups is 1. The second-order valence-electron chi connectivity index (χ2n) is 3.91. The Kier molecular flexibility index (Phi) is 10.0. The van der Waals surface area contributed by atoms with Gasteiger partial charge in [0, 0.05) is 33.2 Å². The fraction of sp³-hybridized carbons (Fsp3) is 0.833. The van der Waals surface area contributed by atoms with Crippen molar-refractivity contribution in [2.24, 2.45) is 4.99 Å². The Labute approximate surface area is 109 Å². The molecule has 0 spiro atoms. The Morgan fingerprint density at radius 1 is 1.44 bits per heavy atom. The molecule has 106 valence electrons. The van der Waals surface area contributed by atoms with Gasteiger partial charge in [0.1, 0.15) is 0 Å². The van der Waals surface area contributed by atoms with E-state index < -0.39 is 0 Å². The minimum Gasteiger partial charge on any atom is -0.466 e. The highest BCUT2D eigenvalue weighted by Crippen LogP contribution is 1.91. The van der Waals surface area contributed by atoms with Gasteiger partial charge in [-0.1, -0.05) is 0 Å². The number of guanidine groups is 1. The third kappa shape index (κ3) is 8.81. The molecule has 0 aliphatic rings. The number of esters is 1. The average Bonchev–Trinajstić information content (AvgIpc) is 2.33.